The molecule has 0 saturated heterocycles. The van der Waals surface area contributed by atoms with Gasteiger partial charge in [0.05, 0.1) is 29.4 Å². The molecule has 0 amide bonds. The number of pyridine rings is 2. The predicted molar refractivity (Wildman–Crippen MR) is 77.6 cm³/mol. The molecular formula is C14H13N5O3. The molecule has 0 aliphatic carbocycles. The van der Waals surface area contributed by atoms with E-state index < -0.39 is 5.97 Å². The lowest BCUT2D eigenvalue weighted by atomic mass is 10.0. The molecule has 0 saturated carbocycles. The molecule has 0 unspecified atom stereocenters. The Morgan fingerprint density at radius 3 is 2.50 bits per heavy atom. The Morgan fingerprint density at radius 1 is 1.18 bits per heavy atom. The fraction of sp³-hybridized carbons (Fsp3) is 0.214. The molecule has 0 radical (unpaired) electrons. The number of methoxy groups -OCH3 is 1. The van der Waals surface area contributed by atoms with E-state index >= 15 is 0 Å². The molecule has 8 nitrogen and oxygen atoms in total. The highest BCUT2D eigenvalue weighted by Gasteiger charge is 2.19. The zero-order valence-electron chi connectivity index (χ0n) is 12.3. The van der Waals surface area contributed by atoms with Gasteiger partial charge in [-0.3, -0.25) is 9.78 Å². The lowest BCUT2D eigenvalue weighted by molar-refractivity contribution is 0.0601. The minimum atomic E-state index is -0.517. The second kappa shape index (κ2) is 5.06. The van der Waals surface area contributed by atoms with E-state index in [1.54, 1.807) is 26.1 Å². The highest BCUT2D eigenvalue weighted by molar-refractivity contribution is 6.05. The van der Waals surface area contributed by atoms with Gasteiger partial charge in [-0.25, -0.2) is 14.1 Å². The van der Waals surface area contributed by atoms with Crippen molar-refractivity contribution in [3.05, 3.63) is 52.2 Å². The largest absolute Gasteiger partial charge is 0.465 e. The number of hydrogen-bond acceptors (Lipinski definition) is 6. The van der Waals surface area contributed by atoms with Crippen molar-refractivity contribution in [1.82, 2.24) is 24.5 Å². The van der Waals surface area contributed by atoms with Crippen LogP contribution < -0.4 is 5.56 Å². The second-order valence-corrected chi connectivity index (χ2v) is 4.75. The second-order valence-electron chi connectivity index (χ2n) is 4.75. The number of carbonyl (C=O) groups excluding carboxylic acids is 1. The summed E-state index contributed by atoms with van der Waals surface area (Å²) in [5, 5.41) is 8.24. The third-order valence-corrected chi connectivity index (χ3v) is 3.45. The summed E-state index contributed by atoms with van der Waals surface area (Å²) in [6.07, 6.45) is 4.37. The first-order chi connectivity index (χ1) is 10.5. The third-order valence-electron chi connectivity index (χ3n) is 3.45. The number of aromatic nitrogens is 5. The fourth-order valence-electron chi connectivity index (χ4n) is 2.49. The van der Waals surface area contributed by atoms with Gasteiger partial charge in [0.25, 0.3) is 5.56 Å². The van der Waals surface area contributed by atoms with Crippen LogP contribution in [0.3, 0.4) is 0 Å². The molecule has 8 heteroatoms. The van der Waals surface area contributed by atoms with Gasteiger partial charge < -0.3 is 4.74 Å². The van der Waals surface area contributed by atoms with E-state index in [0.29, 0.717) is 27.7 Å². The Bertz CT molecular complexity index is 928. The van der Waals surface area contributed by atoms with Crippen LogP contribution >= 0.6 is 0 Å². The maximum Gasteiger partial charge on any atom is 0.340 e. The van der Waals surface area contributed by atoms with Crippen molar-refractivity contribution in [2.75, 3.05) is 7.11 Å². The SMILES string of the molecule is COC(=O)c1c(C)nc(C)c2c(=O)n(-n3cnnc3)ccc12. The quantitative estimate of drug-likeness (QED) is 0.647. The third kappa shape index (κ3) is 1.96. The standard InChI is InChI=1S/C14H13N5O3/c1-8-11-10(12(9(2)17-8)14(21)22-3)4-5-19(13(11)20)18-6-15-16-7-18/h4-7H,1-3H3. The van der Waals surface area contributed by atoms with Gasteiger partial charge in [-0.15, -0.1) is 10.2 Å². The van der Waals surface area contributed by atoms with Gasteiger partial charge in [-0.1, -0.05) is 0 Å². The minimum absolute atomic E-state index is 0.302. The lowest BCUT2D eigenvalue weighted by Gasteiger charge is -2.12. The topological polar surface area (TPSA) is 91.9 Å². The van der Waals surface area contributed by atoms with Crippen LogP contribution in [0.1, 0.15) is 21.7 Å². The average Bonchev–Trinajstić information content (AvgIpc) is 3.00. The summed E-state index contributed by atoms with van der Waals surface area (Å²) < 4.78 is 7.58. The Labute approximate surface area is 125 Å². The molecule has 0 spiro atoms. The Balaban J connectivity index is 2.42. The normalized spacial score (nSPS) is 10.9. The molecule has 22 heavy (non-hydrogen) atoms. The minimum Gasteiger partial charge on any atom is -0.465 e. The van der Waals surface area contributed by atoms with Crippen LogP contribution in [-0.2, 0) is 4.74 Å². The van der Waals surface area contributed by atoms with Crippen LogP contribution in [0.4, 0.5) is 0 Å². The summed E-state index contributed by atoms with van der Waals surface area (Å²) in [6.45, 7) is 3.44. The molecule has 0 fully saturated rings. The van der Waals surface area contributed by atoms with Crippen LogP contribution in [0.25, 0.3) is 10.8 Å². The summed E-state index contributed by atoms with van der Waals surface area (Å²) in [6, 6.07) is 1.69. The number of carbonyl (C=O) groups is 1. The summed E-state index contributed by atoms with van der Waals surface area (Å²) in [5.41, 5.74) is 1.06. The van der Waals surface area contributed by atoms with Crippen LogP contribution in [0.2, 0.25) is 0 Å². The number of hydrogen-bond donors (Lipinski definition) is 0. The first kappa shape index (κ1) is 13.9. The number of esters is 1. The molecule has 0 bridgehead atoms. The molecule has 3 aromatic heterocycles. The summed E-state index contributed by atoms with van der Waals surface area (Å²) in [4.78, 5) is 29.0. The van der Waals surface area contributed by atoms with Crippen LogP contribution in [0.5, 0.6) is 0 Å². The maximum absolute atomic E-state index is 12.7. The molecule has 3 rings (SSSR count). The van der Waals surface area contributed by atoms with Crippen LogP contribution in [-0.4, -0.2) is 37.6 Å². The molecule has 0 aromatic carbocycles. The molecule has 112 valence electrons. The van der Waals surface area contributed by atoms with E-state index in [9.17, 15) is 9.59 Å². The summed E-state index contributed by atoms with van der Waals surface area (Å²) in [5.74, 6) is -0.517. The van der Waals surface area contributed by atoms with Crippen molar-refractivity contribution < 1.29 is 9.53 Å². The maximum atomic E-state index is 12.7. The van der Waals surface area contributed by atoms with Crippen molar-refractivity contribution in [2.24, 2.45) is 0 Å². The molecule has 3 aromatic rings. The van der Waals surface area contributed by atoms with Crippen molar-refractivity contribution >= 4 is 16.7 Å². The molecule has 0 aliphatic rings. The fourth-order valence-corrected chi connectivity index (χ4v) is 2.49. The number of aryl methyl sites for hydroxylation is 2. The smallest absolute Gasteiger partial charge is 0.340 e. The van der Waals surface area contributed by atoms with E-state index in [4.69, 9.17) is 4.74 Å². The van der Waals surface area contributed by atoms with E-state index in [-0.39, 0.29) is 5.56 Å². The first-order valence-electron chi connectivity index (χ1n) is 6.50. The lowest BCUT2D eigenvalue weighted by Crippen LogP contribution is -2.26. The van der Waals surface area contributed by atoms with E-state index in [2.05, 4.69) is 15.2 Å². The van der Waals surface area contributed by atoms with Crippen LogP contribution in [0.15, 0.2) is 29.7 Å². The zero-order valence-corrected chi connectivity index (χ0v) is 12.3. The van der Waals surface area contributed by atoms with E-state index in [1.165, 1.54) is 29.1 Å². The molecule has 0 atom stereocenters. The highest BCUT2D eigenvalue weighted by Crippen LogP contribution is 2.21. The highest BCUT2D eigenvalue weighted by atomic mass is 16.5. The van der Waals surface area contributed by atoms with Gasteiger partial charge in [-0.2, -0.15) is 0 Å². The number of ether oxygens (including phenoxy) is 1. The van der Waals surface area contributed by atoms with Gasteiger partial charge in [0.15, 0.2) is 0 Å². The van der Waals surface area contributed by atoms with Crippen molar-refractivity contribution in [3.8, 4) is 0 Å². The van der Waals surface area contributed by atoms with Crippen LogP contribution in [0, 0.1) is 13.8 Å². The van der Waals surface area contributed by atoms with Gasteiger partial charge in [0.1, 0.15) is 12.7 Å². The first-order valence-corrected chi connectivity index (χ1v) is 6.50. The number of rotatable bonds is 2. The van der Waals surface area contributed by atoms with E-state index in [1.807, 2.05) is 0 Å². The van der Waals surface area contributed by atoms with Crippen molar-refractivity contribution in [1.29, 1.82) is 0 Å². The summed E-state index contributed by atoms with van der Waals surface area (Å²) in [7, 11) is 1.30. The zero-order chi connectivity index (χ0) is 15.9. The Hall–Kier alpha value is -3.03. The van der Waals surface area contributed by atoms with Gasteiger partial charge >= 0.3 is 5.97 Å². The van der Waals surface area contributed by atoms with Crippen molar-refractivity contribution in [2.45, 2.75) is 13.8 Å². The molecular weight excluding hydrogens is 286 g/mol. The molecule has 0 aliphatic heterocycles. The predicted octanol–water partition coefficient (Wildman–Crippen LogP) is 0.703. The number of nitrogens with zero attached hydrogens (tertiary/aromatic N) is 5. The monoisotopic (exact) mass is 299 g/mol. The van der Waals surface area contributed by atoms with Crippen molar-refractivity contribution in [3.63, 3.8) is 0 Å². The Morgan fingerprint density at radius 2 is 1.86 bits per heavy atom. The molecule has 0 N–H and O–H groups in total. The Kier molecular flexibility index (Phi) is 3.21. The number of fused-ring (bicyclic) bond motifs is 1. The van der Waals surface area contributed by atoms with Gasteiger partial charge in [-0.05, 0) is 19.9 Å². The van der Waals surface area contributed by atoms with Gasteiger partial charge in [0.2, 0.25) is 0 Å². The molecule has 3 heterocycles. The van der Waals surface area contributed by atoms with E-state index in [0.717, 1.165) is 0 Å². The summed E-state index contributed by atoms with van der Waals surface area (Å²) >= 11 is 0. The van der Waals surface area contributed by atoms with Gasteiger partial charge in [0, 0.05) is 11.6 Å². The average molecular weight is 299 g/mol.